The molecule has 0 aromatic heterocycles. The van der Waals surface area contributed by atoms with Crippen LogP contribution in [0.4, 0.5) is 10.1 Å². The van der Waals surface area contributed by atoms with Gasteiger partial charge in [-0.3, -0.25) is 4.79 Å². The lowest BCUT2D eigenvalue weighted by molar-refractivity contribution is 0.102. The second-order valence-electron chi connectivity index (χ2n) is 6.22. The molecule has 1 heterocycles. The van der Waals surface area contributed by atoms with Crippen molar-refractivity contribution >= 4 is 24.0 Å². The molecule has 2 unspecified atom stereocenters. The second-order valence-corrected chi connectivity index (χ2v) is 6.22. The molecular weight excluding hydrogens is 331 g/mol. The number of fused-ring (bicyclic) bond motifs is 5. The fourth-order valence-electron chi connectivity index (χ4n) is 3.68. The number of phenolic OH excluding ortho intramolecular Hbond substituents is 1. The molecule has 2 aromatic carbocycles. The number of carbonyl (C=O) groups excluding carboxylic acids is 1. The molecule has 2 bridgehead atoms. The van der Waals surface area contributed by atoms with Gasteiger partial charge in [-0.1, -0.05) is 12.1 Å². The molecule has 6 heteroatoms. The van der Waals surface area contributed by atoms with E-state index < -0.39 is 11.7 Å². The van der Waals surface area contributed by atoms with E-state index in [1.54, 1.807) is 12.1 Å². The number of piperidine rings is 1. The Labute approximate surface area is 145 Å². The van der Waals surface area contributed by atoms with Crippen LogP contribution in [0.1, 0.15) is 39.7 Å². The van der Waals surface area contributed by atoms with Gasteiger partial charge in [0.2, 0.25) is 0 Å². The highest BCUT2D eigenvalue weighted by molar-refractivity contribution is 6.05. The Hall–Kier alpha value is -2.11. The van der Waals surface area contributed by atoms with E-state index >= 15 is 0 Å². The smallest absolute Gasteiger partial charge is 0.258 e. The van der Waals surface area contributed by atoms with Crippen LogP contribution in [0.2, 0.25) is 0 Å². The second kappa shape index (κ2) is 6.42. The molecule has 2 aliphatic rings. The van der Waals surface area contributed by atoms with Gasteiger partial charge in [-0.2, -0.15) is 0 Å². The molecule has 1 amide bonds. The van der Waals surface area contributed by atoms with Crippen molar-refractivity contribution in [1.82, 2.24) is 5.32 Å². The topological polar surface area (TPSA) is 61.4 Å². The van der Waals surface area contributed by atoms with E-state index in [-0.39, 0.29) is 23.7 Å². The summed E-state index contributed by atoms with van der Waals surface area (Å²) in [5.74, 6) is -0.274. The number of hydrogen-bond acceptors (Lipinski definition) is 3. The van der Waals surface area contributed by atoms with Crippen molar-refractivity contribution in [3.05, 3.63) is 58.9 Å². The zero-order valence-corrected chi connectivity index (χ0v) is 13.7. The number of benzene rings is 2. The summed E-state index contributed by atoms with van der Waals surface area (Å²) in [4.78, 5) is 12.2. The highest BCUT2D eigenvalue weighted by Crippen LogP contribution is 2.46. The first-order chi connectivity index (χ1) is 11.1. The minimum atomic E-state index is -0.578. The molecule has 2 aromatic rings. The molecule has 0 spiro atoms. The first-order valence-electron chi connectivity index (χ1n) is 7.77. The van der Waals surface area contributed by atoms with Crippen molar-refractivity contribution in [1.29, 1.82) is 0 Å². The third kappa shape index (κ3) is 2.74. The van der Waals surface area contributed by atoms with Crippen LogP contribution in [0.5, 0.6) is 5.75 Å². The number of nitrogens with one attached hydrogen (secondary N) is 2. The summed E-state index contributed by atoms with van der Waals surface area (Å²) in [6.07, 6.45) is 1.08. The Morgan fingerprint density at radius 3 is 2.54 bits per heavy atom. The van der Waals surface area contributed by atoms with Gasteiger partial charge in [-0.25, -0.2) is 4.39 Å². The van der Waals surface area contributed by atoms with Crippen LogP contribution in [0, 0.1) is 5.82 Å². The molecule has 1 fully saturated rings. The van der Waals surface area contributed by atoms with Crippen molar-refractivity contribution in [2.24, 2.45) is 0 Å². The van der Waals surface area contributed by atoms with E-state index in [0.29, 0.717) is 17.5 Å². The molecule has 2 atom stereocenters. The van der Waals surface area contributed by atoms with Gasteiger partial charge < -0.3 is 15.7 Å². The summed E-state index contributed by atoms with van der Waals surface area (Å²) in [5.41, 5.74) is 2.63. The maximum absolute atomic E-state index is 13.7. The summed E-state index contributed by atoms with van der Waals surface area (Å²) < 4.78 is 13.7. The molecule has 4 rings (SSSR count). The van der Waals surface area contributed by atoms with Crippen molar-refractivity contribution in [3.8, 4) is 5.75 Å². The first-order valence-corrected chi connectivity index (χ1v) is 7.77. The number of phenols is 1. The van der Waals surface area contributed by atoms with E-state index in [2.05, 4.69) is 10.6 Å². The van der Waals surface area contributed by atoms with Crippen molar-refractivity contribution in [2.75, 3.05) is 18.4 Å². The third-order valence-electron chi connectivity index (χ3n) is 4.80. The fraction of sp³-hybridized carbons (Fsp3) is 0.278. The largest absolute Gasteiger partial charge is 0.506 e. The lowest BCUT2D eigenvalue weighted by Crippen LogP contribution is -2.28. The first kappa shape index (κ1) is 16.7. The predicted molar refractivity (Wildman–Crippen MR) is 92.7 cm³/mol. The molecule has 1 aliphatic heterocycles. The average Bonchev–Trinajstić information content (AvgIpc) is 2.78. The van der Waals surface area contributed by atoms with Crippen molar-refractivity contribution < 1.29 is 14.3 Å². The van der Waals surface area contributed by atoms with E-state index in [0.717, 1.165) is 25.1 Å². The zero-order valence-electron chi connectivity index (χ0n) is 12.9. The Bertz CT molecular complexity index is 797. The van der Waals surface area contributed by atoms with Gasteiger partial charge in [-0.15, -0.1) is 12.4 Å². The molecule has 0 saturated carbocycles. The van der Waals surface area contributed by atoms with Gasteiger partial charge in [0.15, 0.2) is 0 Å². The number of carbonyl (C=O) groups is 1. The zero-order chi connectivity index (χ0) is 16.0. The quantitative estimate of drug-likeness (QED) is 0.729. The summed E-state index contributed by atoms with van der Waals surface area (Å²) in [7, 11) is 0. The molecule has 1 aliphatic carbocycles. The van der Waals surface area contributed by atoms with Crippen LogP contribution in [-0.2, 0) is 0 Å². The Morgan fingerprint density at radius 1 is 1.17 bits per heavy atom. The summed E-state index contributed by atoms with van der Waals surface area (Å²) in [6, 6.07) is 9.38. The number of anilines is 1. The number of halogens is 2. The minimum Gasteiger partial charge on any atom is -0.506 e. The molecule has 0 radical (unpaired) electrons. The van der Waals surface area contributed by atoms with Crippen LogP contribution in [0.15, 0.2) is 36.4 Å². The summed E-state index contributed by atoms with van der Waals surface area (Å²) in [5, 5.41) is 16.2. The molecule has 24 heavy (non-hydrogen) atoms. The summed E-state index contributed by atoms with van der Waals surface area (Å²) >= 11 is 0. The van der Waals surface area contributed by atoms with E-state index in [9.17, 15) is 14.3 Å². The van der Waals surface area contributed by atoms with Crippen LogP contribution in [0.25, 0.3) is 0 Å². The molecule has 126 valence electrons. The predicted octanol–water partition coefficient (Wildman–Crippen LogP) is 3.38. The van der Waals surface area contributed by atoms with Gasteiger partial charge in [0.25, 0.3) is 5.91 Å². The third-order valence-corrected chi connectivity index (χ3v) is 4.80. The van der Waals surface area contributed by atoms with Crippen LogP contribution in [0.3, 0.4) is 0 Å². The maximum Gasteiger partial charge on any atom is 0.258 e. The normalized spacial score (nSPS) is 20.9. The highest BCUT2D eigenvalue weighted by Gasteiger charge is 2.35. The Morgan fingerprint density at radius 2 is 1.83 bits per heavy atom. The standard InChI is InChI=1S/C18H17FN2O2.ClH/c19-15-4-2-1-3-12(15)18(23)21-16-6-13-10-5-11(9-20-8-10)14(13)7-17(16)22;/h1-4,6-7,10-11,20,22H,5,8-9H2,(H,21,23);1H. The molecule has 4 nitrogen and oxygen atoms in total. The van der Waals surface area contributed by atoms with Crippen molar-refractivity contribution in [2.45, 2.75) is 18.3 Å². The van der Waals surface area contributed by atoms with Gasteiger partial charge in [-0.05, 0) is 53.6 Å². The van der Waals surface area contributed by atoms with Gasteiger partial charge in [0.1, 0.15) is 11.6 Å². The van der Waals surface area contributed by atoms with Crippen molar-refractivity contribution in [3.63, 3.8) is 0 Å². The van der Waals surface area contributed by atoms with E-state index in [1.807, 2.05) is 6.07 Å². The van der Waals surface area contributed by atoms with Crippen LogP contribution in [-0.4, -0.2) is 24.1 Å². The number of aromatic hydroxyl groups is 1. The van der Waals surface area contributed by atoms with Crippen LogP contribution >= 0.6 is 12.4 Å². The lowest BCUT2D eigenvalue weighted by atomic mass is 9.98. The number of hydrogen-bond donors (Lipinski definition) is 3. The minimum absolute atomic E-state index is 0. The average molecular weight is 349 g/mol. The summed E-state index contributed by atoms with van der Waals surface area (Å²) in [6.45, 7) is 1.83. The van der Waals surface area contributed by atoms with Gasteiger partial charge in [0, 0.05) is 13.1 Å². The SMILES string of the molecule is Cl.O=C(Nc1cc2c(cc1O)C1CNCC2C1)c1ccccc1F. The van der Waals surface area contributed by atoms with E-state index in [1.165, 1.54) is 23.8 Å². The van der Waals surface area contributed by atoms with Gasteiger partial charge in [0.05, 0.1) is 11.3 Å². The monoisotopic (exact) mass is 348 g/mol. The Kier molecular flexibility index (Phi) is 4.47. The maximum atomic E-state index is 13.7. The van der Waals surface area contributed by atoms with Crippen LogP contribution < -0.4 is 10.6 Å². The molecule has 3 N–H and O–H groups in total. The lowest BCUT2D eigenvalue weighted by Gasteiger charge is -2.19. The van der Waals surface area contributed by atoms with E-state index in [4.69, 9.17) is 0 Å². The molecular formula is C18H18ClFN2O2. The number of amides is 1. The number of rotatable bonds is 2. The highest BCUT2D eigenvalue weighted by atomic mass is 35.5. The van der Waals surface area contributed by atoms with Gasteiger partial charge >= 0.3 is 0 Å². The fourth-order valence-corrected chi connectivity index (χ4v) is 3.68. The molecule has 1 saturated heterocycles. The Balaban J connectivity index is 0.00000169.